The third-order valence-electron chi connectivity index (χ3n) is 1.72. The fraction of sp³-hybridized carbons (Fsp3) is 0. The summed E-state index contributed by atoms with van der Waals surface area (Å²) in [7, 11) is 0. The minimum Gasteiger partial charge on any atom is -0.506 e. The lowest BCUT2D eigenvalue weighted by Crippen LogP contribution is -2.06. The molecule has 0 fully saturated rings. The van der Waals surface area contributed by atoms with E-state index in [1.54, 1.807) is 6.07 Å². The van der Waals surface area contributed by atoms with Gasteiger partial charge in [-0.2, -0.15) is 0 Å². The normalized spacial score (nSPS) is 10.5. The average molecular weight is 241 g/mol. The number of H-pyrrole nitrogens is 1. The summed E-state index contributed by atoms with van der Waals surface area (Å²) < 4.78 is 0.620. The van der Waals surface area contributed by atoms with Gasteiger partial charge in [0.15, 0.2) is 0 Å². The van der Waals surface area contributed by atoms with Gasteiger partial charge in [-0.05, 0) is 28.1 Å². The summed E-state index contributed by atoms with van der Waals surface area (Å²) in [6, 6.07) is 3.09. The summed E-state index contributed by atoms with van der Waals surface area (Å²) in [6.45, 7) is 0. The minimum atomic E-state index is -0.271. The predicted molar refractivity (Wildman–Crippen MR) is 51.7 cm³/mol. The molecule has 5 heteroatoms. The summed E-state index contributed by atoms with van der Waals surface area (Å²) in [6.07, 6.45) is 1.26. The first kappa shape index (κ1) is 8.25. The van der Waals surface area contributed by atoms with Crippen LogP contribution in [0.15, 0.2) is 27.7 Å². The molecule has 0 saturated carbocycles. The summed E-state index contributed by atoms with van der Waals surface area (Å²) in [5.41, 5.74) is 0.0332. The Balaban J connectivity index is 3.09. The van der Waals surface area contributed by atoms with Crippen LogP contribution in [0.5, 0.6) is 5.75 Å². The highest BCUT2D eigenvalue weighted by Crippen LogP contribution is 2.25. The maximum atomic E-state index is 11.3. The van der Waals surface area contributed by atoms with Gasteiger partial charge in [-0.3, -0.25) is 4.79 Å². The van der Waals surface area contributed by atoms with Crippen LogP contribution in [0.25, 0.3) is 10.9 Å². The molecule has 13 heavy (non-hydrogen) atoms. The van der Waals surface area contributed by atoms with Crippen LogP contribution in [0.4, 0.5) is 0 Å². The van der Waals surface area contributed by atoms with Crippen LogP contribution in [0.3, 0.4) is 0 Å². The number of nitrogens with zero attached hydrogens (tertiary/aromatic N) is 1. The van der Waals surface area contributed by atoms with Gasteiger partial charge in [0.25, 0.3) is 5.56 Å². The van der Waals surface area contributed by atoms with Crippen LogP contribution in [0, 0.1) is 0 Å². The molecule has 1 heterocycles. The Kier molecular flexibility index (Phi) is 1.81. The van der Waals surface area contributed by atoms with E-state index in [2.05, 4.69) is 25.9 Å². The van der Waals surface area contributed by atoms with Crippen molar-refractivity contribution in [1.82, 2.24) is 9.97 Å². The van der Waals surface area contributed by atoms with Crippen molar-refractivity contribution >= 4 is 26.8 Å². The van der Waals surface area contributed by atoms with Crippen molar-refractivity contribution in [1.29, 1.82) is 0 Å². The van der Waals surface area contributed by atoms with Gasteiger partial charge in [-0.1, -0.05) is 0 Å². The Hall–Kier alpha value is -1.36. The standard InChI is InChI=1S/C8H5BrN2O2/c9-4-1-2-5(12)7-6(4)8(13)11-3-10-7/h1-3,12H,(H,10,11,13). The van der Waals surface area contributed by atoms with Crippen LogP contribution < -0.4 is 5.56 Å². The van der Waals surface area contributed by atoms with Gasteiger partial charge in [0.1, 0.15) is 11.3 Å². The van der Waals surface area contributed by atoms with E-state index in [1.807, 2.05) is 0 Å². The van der Waals surface area contributed by atoms with Gasteiger partial charge < -0.3 is 10.1 Å². The Morgan fingerprint density at radius 1 is 1.46 bits per heavy atom. The quantitative estimate of drug-likeness (QED) is 0.732. The summed E-state index contributed by atoms with van der Waals surface area (Å²) in [5, 5.41) is 9.75. The zero-order valence-electron chi connectivity index (χ0n) is 6.41. The molecule has 0 spiro atoms. The molecule has 0 saturated heterocycles. The Labute approximate surface area is 81.4 Å². The van der Waals surface area contributed by atoms with Gasteiger partial charge in [0, 0.05) is 4.47 Å². The molecule has 0 aliphatic carbocycles. The first-order valence-electron chi connectivity index (χ1n) is 3.55. The van der Waals surface area contributed by atoms with Gasteiger partial charge >= 0.3 is 0 Å². The molecule has 66 valence electrons. The molecule has 0 amide bonds. The molecular weight excluding hydrogens is 236 g/mol. The van der Waals surface area contributed by atoms with Crippen LogP contribution >= 0.6 is 15.9 Å². The molecule has 0 unspecified atom stereocenters. The first-order chi connectivity index (χ1) is 6.20. The smallest absolute Gasteiger partial charge is 0.259 e. The summed E-state index contributed by atoms with van der Waals surface area (Å²) in [5.74, 6) is 0.00398. The monoisotopic (exact) mass is 240 g/mol. The summed E-state index contributed by atoms with van der Waals surface area (Å²) >= 11 is 3.21. The molecule has 1 aromatic heterocycles. The molecule has 2 N–H and O–H groups in total. The lowest BCUT2D eigenvalue weighted by molar-refractivity contribution is 0.480. The number of nitrogens with one attached hydrogen (secondary N) is 1. The molecule has 0 aliphatic heterocycles. The lowest BCUT2D eigenvalue weighted by Gasteiger charge is -1.99. The molecule has 0 aliphatic rings. The van der Waals surface area contributed by atoms with E-state index < -0.39 is 0 Å². The number of hydrogen-bond acceptors (Lipinski definition) is 3. The third-order valence-corrected chi connectivity index (χ3v) is 2.38. The van der Waals surface area contributed by atoms with Crippen molar-refractivity contribution in [3.05, 3.63) is 33.3 Å². The average Bonchev–Trinajstić information content (AvgIpc) is 2.12. The van der Waals surface area contributed by atoms with Crippen molar-refractivity contribution in [2.75, 3.05) is 0 Å². The number of halogens is 1. The molecule has 2 aromatic rings. The second-order valence-corrected chi connectivity index (χ2v) is 3.38. The van der Waals surface area contributed by atoms with Gasteiger partial charge in [-0.25, -0.2) is 4.98 Å². The molecule has 0 atom stereocenters. The van der Waals surface area contributed by atoms with Crippen LogP contribution in [0.1, 0.15) is 0 Å². The maximum absolute atomic E-state index is 11.3. The number of phenols is 1. The van der Waals surface area contributed by atoms with Crippen LogP contribution in [-0.4, -0.2) is 15.1 Å². The van der Waals surface area contributed by atoms with E-state index in [-0.39, 0.29) is 11.3 Å². The van der Waals surface area contributed by atoms with Gasteiger partial charge in [-0.15, -0.1) is 0 Å². The molecule has 2 rings (SSSR count). The first-order valence-corrected chi connectivity index (χ1v) is 4.34. The highest BCUT2D eigenvalue weighted by molar-refractivity contribution is 9.10. The van der Waals surface area contributed by atoms with Gasteiger partial charge in [0.2, 0.25) is 0 Å². The van der Waals surface area contributed by atoms with Gasteiger partial charge in [0.05, 0.1) is 11.7 Å². The molecule has 0 radical (unpaired) electrons. The number of fused-ring (bicyclic) bond motifs is 1. The predicted octanol–water partition coefficient (Wildman–Crippen LogP) is 1.39. The van der Waals surface area contributed by atoms with Crippen molar-refractivity contribution in [3.63, 3.8) is 0 Å². The summed E-state index contributed by atoms with van der Waals surface area (Å²) in [4.78, 5) is 17.6. The molecule has 1 aromatic carbocycles. The molecule has 0 bridgehead atoms. The Morgan fingerprint density at radius 3 is 2.92 bits per heavy atom. The number of benzene rings is 1. The molecule has 4 nitrogen and oxygen atoms in total. The van der Waals surface area contributed by atoms with E-state index >= 15 is 0 Å². The third kappa shape index (κ3) is 1.21. The largest absolute Gasteiger partial charge is 0.506 e. The minimum absolute atomic E-state index is 0.00398. The lowest BCUT2D eigenvalue weighted by atomic mass is 10.2. The Bertz CT molecular complexity index is 521. The van der Waals surface area contributed by atoms with Crippen molar-refractivity contribution < 1.29 is 5.11 Å². The van der Waals surface area contributed by atoms with Crippen LogP contribution in [0.2, 0.25) is 0 Å². The second-order valence-electron chi connectivity index (χ2n) is 2.52. The van der Waals surface area contributed by atoms with Crippen molar-refractivity contribution in [2.24, 2.45) is 0 Å². The highest BCUT2D eigenvalue weighted by Gasteiger charge is 2.07. The maximum Gasteiger partial charge on any atom is 0.259 e. The van der Waals surface area contributed by atoms with Crippen molar-refractivity contribution in [2.45, 2.75) is 0 Å². The fourth-order valence-corrected chi connectivity index (χ4v) is 1.63. The zero-order valence-corrected chi connectivity index (χ0v) is 8.00. The van der Waals surface area contributed by atoms with Crippen molar-refractivity contribution in [3.8, 4) is 5.75 Å². The fourth-order valence-electron chi connectivity index (χ4n) is 1.13. The zero-order chi connectivity index (χ0) is 9.42. The van der Waals surface area contributed by atoms with E-state index in [0.29, 0.717) is 15.4 Å². The highest BCUT2D eigenvalue weighted by atomic mass is 79.9. The number of aromatic nitrogens is 2. The Morgan fingerprint density at radius 2 is 2.23 bits per heavy atom. The number of phenolic OH excluding ortho intramolecular Hbond substituents is 1. The number of rotatable bonds is 0. The van der Waals surface area contributed by atoms with E-state index in [4.69, 9.17) is 0 Å². The second kappa shape index (κ2) is 2.85. The number of aromatic hydroxyl groups is 1. The topological polar surface area (TPSA) is 66.0 Å². The van der Waals surface area contributed by atoms with E-state index in [1.165, 1.54) is 12.4 Å². The SMILES string of the molecule is O=c1[nH]cnc2c(O)ccc(Br)c12. The number of hydrogen-bond donors (Lipinski definition) is 2. The van der Waals surface area contributed by atoms with E-state index in [0.717, 1.165) is 0 Å². The number of aromatic amines is 1. The molecular formula is C8H5BrN2O2. The van der Waals surface area contributed by atoms with E-state index in [9.17, 15) is 9.90 Å². The van der Waals surface area contributed by atoms with Crippen LogP contribution in [-0.2, 0) is 0 Å².